The molecule has 0 bridgehead atoms. The Morgan fingerprint density at radius 3 is 2.74 bits per heavy atom. The van der Waals surface area contributed by atoms with E-state index in [0.29, 0.717) is 43.6 Å². The number of carbonyl (C=O) groups is 1. The van der Waals surface area contributed by atoms with Crippen LogP contribution in [0.25, 0.3) is 0 Å². The van der Waals surface area contributed by atoms with Gasteiger partial charge in [0.15, 0.2) is 0 Å². The van der Waals surface area contributed by atoms with Crippen LogP contribution in [0.2, 0.25) is 0 Å². The van der Waals surface area contributed by atoms with Gasteiger partial charge in [-0.15, -0.1) is 0 Å². The molecule has 2 aliphatic heterocycles. The van der Waals surface area contributed by atoms with E-state index in [2.05, 4.69) is 17.3 Å². The maximum atomic E-state index is 12.5. The van der Waals surface area contributed by atoms with Gasteiger partial charge in [0.25, 0.3) is 0 Å². The Bertz CT molecular complexity index is 356. The van der Waals surface area contributed by atoms with Crippen LogP contribution in [0.3, 0.4) is 0 Å². The molecule has 0 spiro atoms. The van der Waals surface area contributed by atoms with Gasteiger partial charge in [0.1, 0.15) is 5.41 Å². The predicted octanol–water partition coefficient (Wildman–Crippen LogP) is 0.280. The molecule has 19 heavy (non-hydrogen) atoms. The fraction of sp³-hybridized carbons (Fsp3) is 0.846. The maximum Gasteiger partial charge on any atom is 0.233 e. The molecule has 0 radical (unpaired) electrons. The van der Waals surface area contributed by atoms with Crippen LogP contribution in [0.1, 0.15) is 25.7 Å². The monoisotopic (exact) mass is 285 g/mol. The van der Waals surface area contributed by atoms with Crippen LogP contribution in [0, 0.1) is 5.41 Å². The Labute approximate surface area is 119 Å². The van der Waals surface area contributed by atoms with Crippen molar-refractivity contribution in [3.63, 3.8) is 0 Å². The molecule has 2 rings (SSSR count). The normalized spacial score (nSPS) is 27.1. The van der Waals surface area contributed by atoms with E-state index < -0.39 is 5.41 Å². The fourth-order valence-corrected chi connectivity index (χ4v) is 3.22. The van der Waals surface area contributed by atoms with E-state index >= 15 is 0 Å². The molecule has 0 aromatic heterocycles. The van der Waals surface area contributed by atoms with Gasteiger partial charge in [0, 0.05) is 25.8 Å². The van der Waals surface area contributed by atoms with Crippen LogP contribution in [-0.4, -0.2) is 55.2 Å². The summed E-state index contributed by atoms with van der Waals surface area (Å²) in [6.45, 7) is 2.89. The van der Waals surface area contributed by atoms with E-state index in [1.807, 2.05) is 0 Å². The standard InChI is InChI=1S/C13H23N3O2S/c1-16-6-2-3-10(16)9-15-12(17)13(11(14)19)4-7-18-8-5-13/h10H,2-9H2,1H3,(H2,14,19)(H,15,17). The average Bonchev–Trinajstić information content (AvgIpc) is 2.82. The third-order valence-corrected chi connectivity index (χ3v) is 4.81. The molecular weight excluding hydrogens is 262 g/mol. The molecule has 0 aliphatic carbocycles. The lowest BCUT2D eigenvalue weighted by Crippen LogP contribution is -2.53. The van der Waals surface area contributed by atoms with E-state index in [4.69, 9.17) is 22.7 Å². The molecule has 1 amide bonds. The van der Waals surface area contributed by atoms with E-state index in [0.717, 1.165) is 13.0 Å². The van der Waals surface area contributed by atoms with Crippen LogP contribution >= 0.6 is 12.2 Å². The summed E-state index contributed by atoms with van der Waals surface area (Å²) < 4.78 is 5.32. The Morgan fingerprint density at radius 2 is 2.21 bits per heavy atom. The number of nitrogens with zero attached hydrogens (tertiary/aromatic N) is 1. The van der Waals surface area contributed by atoms with Gasteiger partial charge in [-0.3, -0.25) is 4.79 Å². The van der Waals surface area contributed by atoms with Gasteiger partial charge in [0.05, 0.1) is 4.99 Å². The van der Waals surface area contributed by atoms with Crippen LogP contribution in [0.15, 0.2) is 0 Å². The fourth-order valence-electron chi connectivity index (χ4n) is 2.92. The zero-order chi connectivity index (χ0) is 13.9. The number of likely N-dealkylation sites (N-methyl/N-ethyl adjacent to an activating group) is 1. The highest BCUT2D eigenvalue weighted by atomic mass is 32.1. The van der Waals surface area contributed by atoms with Crippen molar-refractivity contribution in [2.75, 3.05) is 33.4 Å². The number of ether oxygens (including phenoxy) is 1. The highest BCUT2D eigenvalue weighted by Gasteiger charge is 2.43. The quantitative estimate of drug-likeness (QED) is 0.726. The SMILES string of the molecule is CN1CCCC1CNC(=O)C1(C(N)=S)CCOCC1. The van der Waals surface area contributed by atoms with Gasteiger partial charge in [0.2, 0.25) is 5.91 Å². The molecule has 2 aliphatic rings. The molecular formula is C13H23N3O2S. The minimum Gasteiger partial charge on any atom is -0.392 e. The summed E-state index contributed by atoms with van der Waals surface area (Å²) in [6.07, 6.45) is 3.52. The van der Waals surface area contributed by atoms with Crippen molar-refractivity contribution < 1.29 is 9.53 Å². The molecule has 3 N–H and O–H groups in total. The second kappa shape index (κ2) is 6.15. The third kappa shape index (κ3) is 3.07. The lowest BCUT2D eigenvalue weighted by molar-refractivity contribution is -0.131. The highest BCUT2D eigenvalue weighted by Crippen LogP contribution is 2.31. The van der Waals surface area contributed by atoms with E-state index in [9.17, 15) is 4.79 Å². The molecule has 5 nitrogen and oxygen atoms in total. The Balaban J connectivity index is 1.94. The Hall–Kier alpha value is -0.720. The van der Waals surface area contributed by atoms with Crippen molar-refractivity contribution in [2.24, 2.45) is 11.1 Å². The van der Waals surface area contributed by atoms with Crippen molar-refractivity contribution in [1.82, 2.24) is 10.2 Å². The van der Waals surface area contributed by atoms with Crippen LogP contribution < -0.4 is 11.1 Å². The summed E-state index contributed by atoms with van der Waals surface area (Å²) in [5.41, 5.74) is 5.12. The largest absolute Gasteiger partial charge is 0.392 e. The molecule has 0 aromatic rings. The second-order valence-electron chi connectivity index (χ2n) is 5.55. The average molecular weight is 285 g/mol. The van der Waals surface area contributed by atoms with E-state index in [1.54, 1.807) is 0 Å². The second-order valence-corrected chi connectivity index (χ2v) is 5.99. The number of amides is 1. The number of likely N-dealkylation sites (tertiary alicyclic amines) is 1. The van der Waals surface area contributed by atoms with Crippen LogP contribution in [-0.2, 0) is 9.53 Å². The number of rotatable bonds is 4. The minimum absolute atomic E-state index is 0.0244. The minimum atomic E-state index is -0.704. The lowest BCUT2D eigenvalue weighted by Gasteiger charge is -2.35. The number of thiocarbonyl (C=S) groups is 1. The molecule has 108 valence electrons. The van der Waals surface area contributed by atoms with Gasteiger partial charge >= 0.3 is 0 Å². The number of carbonyl (C=O) groups excluding carboxylic acids is 1. The number of hydrogen-bond acceptors (Lipinski definition) is 4. The van der Waals surface area contributed by atoms with Crippen LogP contribution in [0.4, 0.5) is 0 Å². The molecule has 1 unspecified atom stereocenters. The zero-order valence-electron chi connectivity index (χ0n) is 11.5. The summed E-state index contributed by atoms with van der Waals surface area (Å²) >= 11 is 5.13. The first-order valence-corrected chi connectivity index (χ1v) is 7.33. The van der Waals surface area contributed by atoms with Gasteiger partial charge in [-0.2, -0.15) is 0 Å². The van der Waals surface area contributed by atoms with Crippen molar-refractivity contribution in [1.29, 1.82) is 0 Å². The third-order valence-electron chi connectivity index (χ3n) is 4.42. The van der Waals surface area contributed by atoms with Gasteiger partial charge < -0.3 is 20.7 Å². The first-order chi connectivity index (χ1) is 9.06. The maximum absolute atomic E-state index is 12.5. The molecule has 0 saturated carbocycles. The zero-order valence-corrected chi connectivity index (χ0v) is 12.3. The van der Waals surface area contributed by atoms with Crippen molar-refractivity contribution in [2.45, 2.75) is 31.7 Å². The summed E-state index contributed by atoms with van der Waals surface area (Å²) in [5, 5.41) is 3.04. The summed E-state index contributed by atoms with van der Waals surface area (Å²) in [5.74, 6) is -0.0244. The molecule has 6 heteroatoms. The first-order valence-electron chi connectivity index (χ1n) is 6.92. The topological polar surface area (TPSA) is 67.6 Å². The molecule has 2 fully saturated rings. The smallest absolute Gasteiger partial charge is 0.233 e. The lowest BCUT2D eigenvalue weighted by atomic mass is 9.79. The number of nitrogens with one attached hydrogen (secondary N) is 1. The molecule has 0 aromatic carbocycles. The first kappa shape index (κ1) is 14.7. The van der Waals surface area contributed by atoms with Gasteiger partial charge in [-0.05, 0) is 39.3 Å². The van der Waals surface area contributed by atoms with Gasteiger partial charge in [-0.25, -0.2) is 0 Å². The highest BCUT2D eigenvalue weighted by molar-refractivity contribution is 7.80. The molecule has 1 atom stereocenters. The van der Waals surface area contributed by atoms with Crippen molar-refractivity contribution in [3.8, 4) is 0 Å². The summed E-state index contributed by atoms with van der Waals surface area (Å²) in [7, 11) is 2.10. The van der Waals surface area contributed by atoms with Crippen molar-refractivity contribution >= 4 is 23.1 Å². The Morgan fingerprint density at radius 1 is 1.53 bits per heavy atom. The summed E-state index contributed by atoms with van der Waals surface area (Å²) in [4.78, 5) is 15.1. The molecule has 2 heterocycles. The summed E-state index contributed by atoms with van der Waals surface area (Å²) in [6, 6.07) is 0.437. The van der Waals surface area contributed by atoms with E-state index in [1.165, 1.54) is 6.42 Å². The van der Waals surface area contributed by atoms with Gasteiger partial charge in [-0.1, -0.05) is 12.2 Å². The number of nitrogens with two attached hydrogens (primary N) is 1. The molecule has 2 saturated heterocycles. The number of hydrogen-bond donors (Lipinski definition) is 2. The predicted molar refractivity (Wildman–Crippen MR) is 77.9 cm³/mol. The van der Waals surface area contributed by atoms with Crippen LogP contribution in [0.5, 0.6) is 0 Å². The van der Waals surface area contributed by atoms with Crippen molar-refractivity contribution in [3.05, 3.63) is 0 Å². The van der Waals surface area contributed by atoms with E-state index in [-0.39, 0.29) is 5.91 Å². The Kier molecular flexibility index (Phi) is 4.76.